The average Bonchev–Trinajstić information content (AvgIpc) is 3.10. The molecule has 2 aliphatic heterocycles. The Morgan fingerprint density at radius 1 is 1.03 bits per heavy atom. The molecule has 0 unspecified atom stereocenters. The number of carbonyl (C=O) groups is 3. The van der Waals surface area contributed by atoms with Crippen LogP contribution in [0, 0.1) is 0 Å². The summed E-state index contributed by atoms with van der Waals surface area (Å²) in [4.78, 5) is 43.2. The summed E-state index contributed by atoms with van der Waals surface area (Å²) in [5.74, 6) is -0.855. The van der Waals surface area contributed by atoms with E-state index in [0.29, 0.717) is 24.3 Å². The van der Waals surface area contributed by atoms with Crippen LogP contribution in [0.3, 0.4) is 0 Å². The lowest BCUT2D eigenvalue weighted by Crippen LogP contribution is -2.52. The summed E-state index contributed by atoms with van der Waals surface area (Å²) in [6.45, 7) is 5.83. The van der Waals surface area contributed by atoms with Gasteiger partial charge in [-0.15, -0.1) is 0 Å². The quantitative estimate of drug-likeness (QED) is 0.492. The minimum absolute atomic E-state index is 0.170. The van der Waals surface area contributed by atoms with Crippen molar-refractivity contribution in [2.75, 3.05) is 37.7 Å². The molecule has 0 spiro atoms. The Balaban J connectivity index is 1.37. The molecule has 2 heterocycles. The standard InChI is InChI=1S/C24H26ClN3O4/c1-2-32-24(31)17-7-9-19(10-8-17)28-22(29)15-21(23(28)30)27-13-11-26(12-14-27)16-18-5-3-4-6-20(18)25/h3-10,21H,2,11-16H2,1H3/t21-/m0/s1. The second-order valence-corrected chi connectivity index (χ2v) is 8.37. The Bertz CT molecular complexity index is 1000. The van der Waals surface area contributed by atoms with Gasteiger partial charge in [0.2, 0.25) is 5.91 Å². The SMILES string of the molecule is CCOC(=O)c1ccc(N2C(=O)C[C@H](N3CCN(Cc4ccccc4Cl)CC3)C2=O)cc1. The third-order valence-electron chi connectivity index (χ3n) is 5.96. The molecule has 0 saturated carbocycles. The molecule has 32 heavy (non-hydrogen) atoms. The lowest BCUT2D eigenvalue weighted by Gasteiger charge is -2.37. The van der Waals surface area contributed by atoms with Gasteiger partial charge in [-0.1, -0.05) is 29.8 Å². The number of amides is 2. The highest BCUT2D eigenvalue weighted by atomic mass is 35.5. The fourth-order valence-electron chi connectivity index (χ4n) is 4.23. The van der Waals surface area contributed by atoms with Crippen LogP contribution in [0.25, 0.3) is 0 Å². The number of imide groups is 1. The third-order valence-corrected chi connectivity index (χ3v) is 6.33. The van der Waals surface area contributed by atoms with Crippen molar-refractivity contribution >= 4 is 35.1 Å². The Hall–Kier alpha value is -2.74. The van der Waals surface area contributed by atoms with Gasteiger partial charge < -0.3 is 4.74 Å². The highest BCUT2D eigenvalue weighted by molar-refractivity contribution is 6.31. The number of carbonyl (C=O) groups excluding carboxylic acids is 3. The van der Waals surface area contributed by atoms with Gasteiger partial charge in [-0.25, -0.2) is 9.69 Å². The number of rotatable bonds is 6. The van der Waals surface area contributed by atoms with Crippen molar-refractivity contribution in [2.45, 2.75) is 25.9 Å². The van der Waals surface area contributed by atoms with Gasteiger partial charge >= 0.3 is 5.97 Å². The number of piperazine rings is 1. The summed E-state index contributed by atoms with van der Waals surface area (Å²) in [5, 5.41) is 0.760. The minimum Gasteiger partial charge on any atom is -0.462 e. The summed E-state index contributed by atoms with van der Waals surface area (Å²) in [6, 6.07) is 13.8. The van der Waals surface area contributed by atoms with Crippen LogP contribution >= 0.6 is 11.6 Å². The van der Waals surface area contributed by atoms with Gasteiger partial charge in [0.15, 0.2) is 0 Å². The van der Waals surface area contributed by atoms with Gasteiger partial charge in [-0.2, -0.15) is 0 Å². The van der Waals surface area contributed by atoms with Gasteiger partial charge in [0, 0.05) is 37.7 Å². The maximum atomic E-state index is 13.1. The second kappa shape index (κ2) is 9.81. The van der Waals surface area contributed by atoms with Gasteiger partial charge in [0.1, 0.15) is 0 Å². The molecule has 168 valence electrons. The molecule has 8 heteroatoms. The first-order valence-corrected chi connectivity index (χ1v) is 11.2. The Morgan fingerprint density at radius 3 is 2.38 bits per heavy atom. The van der Waals surface area contributed by atoms with Crippen molar-refractivity contribution in [1.29, 1.82) is 0 Å². The maximum Gasteiger partial charge on any atom is 0.338 e. The van der Waals surface area contributed by atoms with E-state index in [1.54, 1.807) is 31.2 Å². The predicted molar refractivity (Wildman–Crippen MR) is 122 cm³/mol. The smallest absolute Gasteiger partial charge is 0.338 e. The van der Waals surface area contributed by atoms with Crippen LogP contribution < -0.4 is 4.90 Å². The summed E-state index contributed by atoms with van der Waals surface area (Å²) in [7, 11) is 0. The molecule has 0 aliphatic carbocycles. The number of anilines is 1. The first kappa shape index (κ1) is 22.5. The number of nitrogens with zero attached hydrogens (tertiary/aromatic N) is 3. The van der Waals surface area contributed by atoms with E-state index in [9.17, 15) is 14.4 Å². The number of hydrogen-bond donors (Lipinski definition) is 0. The zero-order chi connectivity index (χ0) is 22.7. The molecule has 7 nitrogen and oxygen atoms in total. The molecular weight excluding hydrogens is 430 g/mol. The largest absolute Gasteiger partial charge is 0.462 e. The van der Waals surface area contributed by atoms with Crippen molar-refractivity contribution in [3.8, 4) is 0 Å². The van der Waals surface area contributed by atoms with Gasteiger partial charge in [-0.05, 0) is 42.8 Å². The molecular formula is C24H26ClN3O4. The second-order valence-electron chi connectivity index (χ2n) is 7.96. The fraction of sp³-hybridized carbons (Fsp3) is 0.375. The monoisotopic (exact) mass is 455 g/mol. The maximum absolute atomic E-state index is 13.1. The molecule has 0 N–H and O–H groups in total. The number of halogens is 1. The summed E-state index contributed by atoms with van der Waals surface area (Å²) >= 11 is 6.28. The molecule has 1 atom stereocenters. The molecule has 2 aromatic rings. The van der Waals surface area contributed by atoms with Crippen LogP contribution in [-0.2, 0) is 20.9 Å². The molecule has 0 radical (unpaired) electrons. The van der Waals surface area contributed by atoms with Crippen molar-refractivity contribution < 1.29 is 19.1 Å². The molecule has 4 rings (SSSR count). The molecule has 2 aromatic carbocycles. The van der Waals surface area contributed by atoms with Crippen molar-refractivity contribution in [3.05, 3.63) is 64.7 Å². The molecule has 2 amide bonds. The van der Waals surface area contributed by atoms with E-state index < -0.39 is 12.0 Å². The molecule has 0 aromatic heterocycles. The lowest BCUT2D eigenvalue weighted by molar-refractivity contribution is -0.123. The van der Waals surface area contributed by atoms with Gasteiger partial charge in [-0.3, -0.25) is 19.4 Å². The van der Waals surface area contributed by atoms with Gasteiger partial charge in [0.25, 0.3) is 5.91 Å². The van der Waals surface area contributed by atoms with Crippen molar-refractivity contribution in [1.82, 2.24) is 9.80 Å². The number of ether oxygens (including phenoxy) is 1. The summed E-state index contributed by atoms with van der Waals surface area (Å²) < 4.78 is 4.98. The van der Waals surface area contributed by atoms with Crippen LogP contribution in [0.1, 0.15) is 29.3 Å². The summed E-state index contributed by atoms with van der Waals surface area (Å²) in [6.07, 6.45) is 0.170. The highest BCUT2D eigenvalue weighted by Crippen LogP contribution is 2.27. The van der Waals surface area contributed by atoms with E-state index >= 15 is 0 Å². The zero-order valence-electron chi connectivity index (χ0n) is 18.0. The fourth-order valence-corrected chi connectivity index (χ4v) is 4.43. The minimum atomic E-state index is -0.449. The zero-order valence-corrected chi connectivity index (χ0v) is 18.8. The lowest BCUT2D eigenvalue weighted by atomic mass is 10.1. The molecule has 2 fully saturated rings. The normalized spacial score (nSPS) is 20.1. The molecule has 2 aliphatic rings. The van der Waals surface area contributed by atoms with E-state index in [4.69, 9.17) is 16.3 Å². The van der Waals surface area contributed by atoms with E-state index in [1.807, 2.05) is 24.3 Å². The van der Waals surface area contributed by atoms with Crippen LogP contribution in [0.5, 0.6) is 0 Å². The van der Waals surface area contributed by atoms with Crippen molar-refractivity contribution in [2.24, 2.45) is 0 Å². The van der Waals surface area contributed by atoms with Crippen LogP contribution in [0.15, 0.2) is 48.5 Å². The van der Waals surface area contributed by atoms with Crippen LogP contribution in [-0.4, -0.2) is 66.4 Å². The van der Waals surface area contributed by atoms with E-state index in [0.717, 1.165) is 30.2 Å². The summed E-state index contributed by atoms with van der Waals surface area (Å²) in [5.41, 5.74) is 1.96. The number of hydrogen-bond acceptors (Lipinski definition) is 6. The first-order chi connectivity index (χ1) is 15.5. The van der Waals surface area contributed by atoms with Gasteiger partial charge in [0.05, 0.1) is 30.3 Å². The topological polar surface area (TPSA) is 70.2 Å². The molecule has 2 saturated heterocycles. The molecule has 0 bridgehead atoms. The Morgan fingerprint density at radius 2 is 1.72 bits per heavy atom. The van der Waals surface area contributed by atoms with Crippen LogP contribution in [0.4, 0.5) is 5.69 Å². The number of benzene rings is 2. The Kier molecular flexibility index (Phi) is 6.89. The average molecular weight is 456 g/mol. The van der Waals surface area contributed by atoms with E-state index in [1.165, 1.54) is 4.90 Å². The number of esters is 1. The first-order valence-electron chi connectivity index (χ1n) is 10.8. The third kappa shape index (κ3) is 4.70. The Labute approximate surface area is 192 Å². The van der Waals surface area contributed by atoms with E-state index in [2.05, 4.69) is 9.80 Å². The predicted octanol–water partition coefficient (Wildman–Crippen LogP) is 2.97. The highest BCUT2D eigenvalue weighted by Gasteiger charge is 2.43. The van der Waals surface area contributed by atoms with Crippen molar-refractivity contribution in [3.63, 3.8) is 0 Å². The van der Waals surface area contributed by atoms with E-state index in [-0.39, 0.29) is 24.8 Å². The van der Waals surface area contributed by atoms with Crippen LogP contribution in [0.2, 0.25) is 5.02 Å².